The molecule has 0 saturated carbocycles. The Hall–Kier alpha value is -9.58. The SMILES string of the molecule is c1ccc2cc(-c3ccc(-c4ccc5c6cc(-c7ccc8c(c7)nc7c9ccccc9c9cc(-n%10c%11ccccc%11c%11ccccc%11%10)ccc9n87)ccc6c6nc7ccccc7n6c5c4)cc3)ccc2c1. The first-order chi connectivity index (χ1) is 35.2. The van der Waals surface area contributed by atoms with Crippen LogP contribution in [0.25, 0.3) is 148 Å². The van der Waals surface area contributed by atoms with Crippen molar-refractivity contribution < 1.29 is 0 Å². The van der Waals surface area contributed by atoms with Crippen LogP contribution in [0, 0.1) is 0 Å². The van der Waals surface area contributed by atoms with Gasteiger partial charge in [-0.25, -0.2) is 9.97 Å². The molecule has 0 unspecified atom stereocenters. The Morgan fingerprint density at radius 3 is 1.51 bits per heavy atom. The van der Waals surface area contributed by atoms with Crippen molar-refractivity contribution in [3.05, 3.63) is 237 Å². The number of benzene rings is 11. The molecule has 328 valence electrons. The topological polar surface area (TPSA) is 39.5 Å². The molecular formula is C66H39N5. The van der Waals surface area contributed by atoms with Crippen LogP contribution >= 0.6 is 0 Å². The molecule has 0 aliphatic rings. The van der Waals surface area contributed by atoms with Crippen molar-refractivity contribution >= 4 is 109 Å². The van der Waals surface area contributed by atoms with E-state index in [2.05, 4.69) is 250 Å². The minimum atomic E-state index is 0.958. The fraction of sp³-hybridized carbons (Fsp3) is 0. The molecule has 0 aliphatic carbocycles. The second kappa shape index (κ2) is 14.5. The molecule has 0 saturated heterocycles. The van der Waals surface area contributed by atoms with Crippen LogP contribution in [0.3, 0.4) is 0 Å². The molecule has 11 aromatic carbocycles. The zero-order valence-corrected chi connectivity index (χ0v) is 38.3. The van der Waals surface area contributed by atoms with Gasteiger partial charge in [-0.2, -0.15) is 0 Å². The van der Waals surface area contributed by atoms with Gasteiger partial charge in [0.05, 0.1) is 44.1 Å². The molecular weight excluding hydrogens is 863 g/mol. The summed E-state index contributed by atoms with van der Waals surface area (Å²) < 4.78 is 7.11. The van der Waals surface area contributed by atoms with Gasteiger partial charge in [0.1, 0.15) is 11.3 Å². The summed E-state index contributed by atoms with van der Waals surface area (Å²) in [5.74, 6) is 0. The molecule has 5 heterocycles. The number of imidazole rings is 2. The van der Waals surface area contributed by atoms with Gasteiger partial charge in [-0.3, -0.25) is 8.80 Å². The summed E-state index contributed by atoms with van der Waals surface area (Å²) in [5.41, 5.74) is 18.9. The third-order valence-electron chi connectivity index (χ3n) is 15.2. The molecule has 0 aliphatic heterocycles. The molecule has 0 N–H and O–H groups in total. The molecule has 0 atom stereocenters. The van der Waals surface area contributed by atoms with Gasteiger partial charge in [0.2, 0.25) is 0 Å². The maximum Gasteiger partial charge on any atom is 0.146 e. The fourth-order valence-corrected chi connectivity index (χ4v) is 11.8. The molecule has 0 spiro atoms. The van der Waals surface area contributed by atoms with E-state index in [0.717, 1.165) is 77.5 Å². The van der Waals surface area contributed by atoms with E-state index in [1.54, 1.807) is 0 Å². The van der Waals surface area contributed by atoms with Crippen LogP contribution in [-0.2, 0) is 0 Å². The average molecular weight is 902 g/mol. The predicted molar refractivity (Wildman–Crippen MR) is 297 cm³/mol. The van der Waals surface area contributed by atoms with Crippen LogP contribution in [0.2, 0.25) is 0 Å². The van der Waals surface area contributed by atoms with E-state index in [1.807, 2.05) is 0 Å². The maximum absolute atomic E-state index is 5.43. The average Bonchev–Trinajstić information content (AvgIpc) is 4.13. The molecule has 16 rings (SSSR count). The van der Waals surface area contributed by atoms with Gasteiger partial charge in [0, 0.05) is 38.0 Å². The number of rotatable bonds is 4. The number of hydrogen-bond donors (Lipinski definition) is 0. The van der Waals surface area contributed by atoms with Crippen molar-refractivity contribution in [1.82, 2.24) is 23.3 Å². The van der Waals surface area contributed by atoms with Gasteiger partial charge < -0.3 is 4.57 Å². The third kappa shape index (κ3) is 5.57. The van der Waals surface area contributed by atoms with Gasteiger partial charge >= 0.3 is 0 Å². The molecule has 5 heteroatoms. The summed E-state index contributed by atoms with van der Waals surface area (Å²) in [7, 11) is 0. The van der Waals surface area contributed by atoms with Crippen LogP contribution < -0.4 is 0 Å². The Kier molecular flexibility index (Phi) is 7.82. The molecule has 5 aromatic heterocycles. The quantitative estimate of drug-likeness (QED) is 0.165. The highest BCUT2D eigenvalue weighted by Gasteiger charge is 2.19. The Bertz CT molecular complexity index is 4880. The zero-order chi connectivity index (χ0) is 46.3. The second-order valence-electron chi connectivity index (χ2n) is 19.0. The Morgan fingerprint density at radius 1 is 0.239 bits per heavy atom. The second-order valence-corrected chi connectivity index (χ2v) is 19.0. The van der Waals surface area contributed by atoms with Crippen molar-refractivity contribution in [1.29, 1.82) is 0 Å². The van der Waals surface area contributed by atoms with E-state index < -0.39 is 0 Å². The summed E-state index contributed by atoms with van der Waals surface area (Å²) in [5, 5.41) is 12.0. The third-order valence-corrected chi connectivity index (χ3v) is 15.2. The predicted octanol–water partition coefficient (Wildman–Crippen LogP) is 17.2. The number of aromatic nitrogens is 5. The lowest BCUT2D eigenvalue weighted by Crippen LogP contribution is -1.96. The molecule has 71 heavy (non-hydrogen) atoms. The van der Waals surface area contributed by atoms with Crippen molar-refractivity contribution in [2.75, 3.05) is 0 Å². The molecule has 0 bridgehead atoms. The van der Waals surface area contributed by atoms with E-state index in [1.165, 1.54) is 70.8 Å². The first kappa shape index (κ1) is 38.4. The first-order valence-electron chi connectivity index (χ1n) is 24.3. The lowest BCUT2D eigenvalue weighted by atomic mass is 9.96. The summed E-state index contributed by atoms with van der Waals surface area (Å²) in [6.45, 7) is 0. The number of nitrogens with zero attached hydrogens (tertiary/aromatic N) is 5. The lowest BCUT2D eigenvalue weighted by molar-refractivity contribution is 1.18. The normalized spacial score (nSPS) is 12.2. The van der Waals surface area contributed by atoms with Gasteiger partial charge in [-0.05, 0) is 134 Å². The fourth-order valence-electron chi connectivity index (χ4n) is 11.8. The van der Waals surface area contributed by atoms with Crippen molar-refractivity contribution in [2.45, 2.75) is 0 Å². The van der Waals surface area contributed by atoms with E-state index in [4.69, 9.17) is 9.97 Å². The van der Waals surface area contributed by atoms with Crippen LogP contribution in [0.15, 0.2) is 237 Å². The molecule has 16 aromatic rings. The highest BCUT2D eigenvalue weighted by Crippen LogP contribution is 2.40. The van der Waals surface area contributed by atoms with E-state index in [0.29, 0.717) is 0 Å². The molecule has 0 fully saturated rings. The maximum atomic E-state index is 5.43. The standard InChI is InChI=1S/C66H39N5/c1-2-12-43-35-44(26-25-40(43)11-1)41-21-23-42(24-22-41)47-27-31-52-55-36-45(28-32-54(55)66-67-57-17-7-10-20-62(57)71(66)64(52)38-47)46-29-33-63-58(37-46)68-65-53-16-4-3-13-49(53)56-39-48(30-34-61(56)70(63)65)69-59-18-8-5-14-50(59)51-15-6-9-19-60(51)69/h1-39H. The van der Waals surface area contributed by atoms with E-state index >= 15 is 0 Å². The highest BCUT2D eigenvalue weighted by molar-refractivity contribution is 6.17. The van der Waals surface area contributed by atoms with Crippen LogP contribution in [0.5, 0.6) is 0 Å². The molecule has 0 amide bonds. The van der Waals surface area contributed by atoms with Gasteiger partial charge in [-0.1, -0.05) is 158 Å². The largest absolute Gasteiger partial charge is 0.309 e. The highest BCUT2D eigenvalue weighted by atomic mass is 15.0. The van der Waals surface area contributed by atoms with E-state index in [-0.39, 0.29) is 0 Å². The van der Waals surface area contributed by atoms with Crippen molar-refractivity contribution in [3.63, 3.8) is 0 Å². The lowest BCUT2D eigenvalue weighted by Gasteiger charge is -2.13. The van der Waals surface area contributed by atoms with Gasteiger partial charge in [0.25, 0.3) is 0 Å². The van der Waals surface area contributed by atoms with E-state index in [9.17, 15) is 0 Å². The number of pyridine rings is 2. The molecule has 5 nitrogen and oxygen atoms in total. The Morgan fingerprint density at radius 2 is 0.732 bits per heavy atom. The van der Waals surface area contributed by atoms with Crippen LogP contribution in [0.1, 0.15) is 0 Å². The number of para-hydroxylation sites is 4. The van der Waals surface area contributed by atoms with Crippen molar-refractivity contribution in [3.8, 4) is 39.1 Å². The smallest absolute Gasteiger partial charge is 0.146 e. The van der Waals surface area contributed by atoms with Crippen LogP contribution in [-0.4, -0.2) is 23.3 Å². The molecule has 0 radical (unpaired) electrons. The number of fused-ring (bicyclic) bond motifs is 20. The Labute approximate surface area is 406 Å². The summed E-state index contributed by atoms with van der Waals surface area (Å²) >= 11 is 0. The summed E-state index contributed by atoms with van der Waals surface area (Å²) in [6.07, 6.45) is 0. The summed E-state index contributed by atoms with van der Waals surface area (Å²) in [4.78, 5) is 10.7. The van der Waals surface area contributed by atoms with Gasteiger partial charge in [-0.15, -0.1) is 0 Å². The minimum absolute atomic E-state index is 0.958. The van der Waals surface area contributed by atoms with Gasteiger partial charge in [0.15, 0.2) is 0 Å². The number of hydrogen-bond acceptors (Lipinski definition) is 2. The monoisotopic (exact) mass is 901 g/mol. The van der Waals surface area contributed by atoms with Crippen molar-refractivity contribution in [2.24, 2.45) is 0 Å². The van der Waals surface area contributed by atoms with Crippen LogP contribution in [0.4, 0.5) is 0 Å². The Balaban J connectivity index is 0.843. The summed E-state index contributed by atoms with van der Waals surface area (Å²) in [6, 6.07) is 86.3. The zero-order valence-electron chi connectivity index (χ0n) is 38.3. The minimum Gasteiger partial charge on any atom is -0.309 e. The first-order valence-corrected chi connectivity index (χ1v) is 24.3.